The van der Waals surface area contributed by atoms with Crippen LogP contribution in [0.2, 0.25) is 16.6 Å². The molecule has 0 saturated carbocycles. The van der Waals surface area contributed by atoms with E-state index < -0.39 is 120 Å². The Morgan fingerprint density at radius 1 is 0.500 bits per heavy atom. The number of carbonyl (C=O) groups excluding carboxylic acids is 3. The van der Waals surface area contributed by atoms with Gasteiger partial charge in [0.05, 0.1) is 52.5 Å². The number of aliphatic hydroxyl groups is 1. The standard InChI is InChI=1S/C96H167N4O20PSi/c1-11-14-17-20-23-26-29-32-35-38-41-44-47-50-53-56-65-111-82-69-79(70-83(112-66-57-54-51-48-45-42-39-36-33-30-27-24-21-18-15-12-2)90(82)114-67-58-55-52-49-46-43-40-37-34-31-28-25-22-19-16-13-3)80(102)60-59-68-113-88(104)61-62-89(105)117-81-71-87(100-72-78(10)93(106)98-96(100)108)116-85(81)74-115-121(109,110)119-91-84(73-101)118-94(99-64-63-86(103)97-95(99)107)92(91)120-122(75(4)5,76(6)7)77(8)9/h63-64,69-70,72,75-77,81,84-85,87,91-92,94,101H,11-62,65-68,71,73-74H2,1-10H3,(H,109,110)(H,97,103,107)(H,98,106,108)/t81?,84-,85-,87-,91?,92+,94-/m1/s1. The third kappa shape index (κ3) is 41.7. The van der Waals surface area contributed by atoms with Gasteiger partial charge in [-0.05, 0) is 61.4 Å². The lowest BCUT2D eigenvalue weighted by molar-refractivity contribution is -0.156. The normalized spacial score (nSPS) is 17.9. The molecule has 700 valence electrons. The van der Waals surface area contributed by atoms with Gasteiger partial charge in [0.25, 0.3) is 11.1 Å². The number of aromatic amines is 2. The van der Waals surface area contributed by atoms with Crippen molar-refractivity contribution in [2.45, 2.75) is 469 Å². The van der Waals surface area contributed by atoms with Crippen LogP contribution in [0.4, 0.5) is 0 Å². The van der Waals surface area contributed by atoms with E-state index in [-0.39, 0.29) is 53.8 Å². The molecule has 8 atom stereocenters. The number of aromatic nitrogens is 4. The highest BCUT2D eigenvalue weighted by molar-refractivity contribution is 7.47. The van der Waals surface area contributed by atoms with Gasteiger partial charge in [-0.25, -0.2) is 14.2 Å². The van der Waals surface area contributed by atoms with E-state index in [2.05, 4.69) is 30.7 Å². The van der Waals surface area contributed by atoms with E-state index in [1.54, 1.807) is 12.1 Å². The van der Waals surface area contributed by atoms with Crippen LogP contribution in [-0.4, -0.2) is 125 Å². The fourth-order valence-corrected chi connectivity index (χ4v) is 24.0. The lowest BCUT2D eigenvalue weighted by Crippen LogP contribution is -2.54. The number of esters is 2. The van der Waals surface area contributed by atoms with Crippen molar-refractivity contribution in [2.24, 2.45) is 0 Å². The molecule has 5 rings (SSSR count). The minimum atomic E-state index is -5.29. The van der Waals surface area contributed by atoms with Gasteiger partial charge in [0.2, 0.25) is 14.1 Å². The van der Waals surface area contributed by atoms with Crippen molar-refractivity contribution in [1.29, 1.82) is 0 Å². The van der Waals surface area contributed by atoms with E-state index in [4.69, 9.17) is 46.6 Å². The van der Waals surface area contributed by atoms with E-state index in [9.17, 15) is 48.1 Å². The summed E-state index contributed by atoms with van der Waals surface area (Å²) in [7, 11) is -8.25. The van der Waals surface area contributed by atoms with Gasteiger partial charge in [-0.2, -0.15) is 0 Å². The first-order valence-corrected chi connectivity index (χ1v) is 52.5. The number of Topliss-reactive ketones (excluding diaryl/α,β-unsaturated/α-hetero) is 1. The molecule has 0 bridgehead atoms. The lowest BCUT2D eigenvalue weighted by atomic mass is 10.0. The fraction of sp³-hybridized carbons (Fsp3) is 0.823. The Morgan fingerprint density at radius 2 is 0.902 bits per heavy atom. The first kappa shape index (κ1) is 107. The summed E-state index contributed by atoms with van der Waals surface area (Å²) in [5.41, 5.74) is -2.59. The molecule has 0 spiro atoms. The highest BCUT2D eigenvalue weighted by atomic mass is 31.2. The molecule has 0 radical (unpaired) electrons. The Kier molecular flexibility index (Phi) is 56.0. The number of aliphatic hydroxyl groups excluding tert-OH is 1. The number of H-pyrrole nitrogens is 2. The quantitative estimate of drug-likeness (QED) is 0.0134. The predicted octanol–water partition coefficient (Wildman–Crippen LogP) is 23.5. The zero-order valence-corrected chi connectivity index (χ0v) is 79.4. The summed E-state index contributed by atoms with van der Waals surface area (Å²) >= 11 is 0. The maximum absolute atomic E-state index is 14.4. The zero-order valence-electron chi connectivity index (χ0n) is 77.5. The number of nitrogens with one attached hydrogen (secondary N) is 2. The molecule has 2 fully saturated rings. The van der Waals surface area contributed by atoms with Crippen molar-refractivity contribution >= 4 is 33.9 Å². The summed E-state index contributed by atoms with van der Waals surface area (Å²) in [6.07, 6.45) is 53.0. The molecule has 0 amide bonds. The number of nitrogens with zero attached hydrogens (tertiary/aromatic N) is 2. The molecule has 2 aliphatic rings. The molecule has 3 aromatic rings. The molecule has 2 aromatic heterocycles. The minimum Gasteiger partial charge on any atom is -0.490 e. The van der Waals surface area contributed by atoms with Gasteiger partial charge in [-0.15, -0.1) is 0 Å². The van der Waals surface area contributed by atoms with Crippen LogP contribution in [0.1, 0.15) is 431 Å². The molecule has 1 aromatic carbocycles. The summed E-state index contributed by atoms with van der Waals surface area (Å²) in [4.78, 5) is 109. The van der Waals surface area contributed by atoms with Crippen molar-refractivity contribution in [2.75, 3.05) is 39.6 Å². The molecule has 3 unspecified atom stereocenters. The van der Waals surface area contributed by atoms with Crippen LogP contribution in [0.25, 0.3) is 0 Å². The third-order valence-corrected chi connectivity index (χ3v) is 31.7. The van der Waals surface area contributed by atoms with Crippen molar-refractivity contribution in [3.05, 3.63) is 83.4 Å². The molecule has 0 aliphatic carbocycles. The maximum Gasteiger partial charge on any atom is 0.472 e. The molecule has 2 aliphatic heterocycles. The van der Waals surface area contributed by atoms with Crippen LogP contribution in [-0.2, 0) is 46.6 Å². The van der Waals surface area contributed by atoms with Gasteiger partial charge in [-0.3, -0.25) is 52.1 Å². The van der Waals surface area contributed by atoms with E-state index in [0.717, 1.165) is 73.0 Å². The van der Waals surface area contributed by atoms with E-state index in [0.29, 0.717) is 42.6 Å². The lowest BCUT2D eigenvalue weighted by Gasteiger charge is -2.45. The number of carbonyl (C=O) groups is 3. The van der Waals surface area contributed by atoms with Crippen LogP contribution in [0.5, 0.6) is 17.2 Å². The Bertz CT molecular complexity index is 3520. The van der Waals surface area contributed by atoms with Gasteiger partial charge in [0.1, 0.15) is 36.7 Å². The molecule has 4 heterocycles. The van der Waals surface area contributed by atoms with Crippen LogP contribution in [0.3, 0.4) is 0 Å². The van der Waals surface area contributed by atoms with E-state index >= 15 is 0 Å². The Hall–Kier alpha value is -5.24. The molecule has 122 heavy (non-hydrogen) atoms. The zero-order chi connectivity index (χ0) is 88.6. The molecule has 4 N–H and O–H groups in total. The van der Waals surface area contributed by atoms with Gasteiger partial charge >= 0.3 is 31.1 Å². The number of hydrogen-bond acceptors (Lipinski definition) is 19. The largest absolute Gasteiger partial charge is 0.490 e. The second-order valence-corrected chi connectivity index (χ2v) is 42.7. The van der Waals surface area contributed by atoms with Crippen molar-refractivity contribution in [1.82, 2.24) is 19.1 Å². The average molecular weight is 1760 g/mol. The Balaban J connectivity index is 1.23. The topological polar surface area (TPSA) is 311 Å². The second-order valence-electron chi connectivity index (χ2n) is 35.9. The number of phosphoric ester groups is 1. The highest BCUT2D eigenvalue weighted by Crippen LogP contribution is 2.53. The third-order valence-electron chi connectivity index (χ3n) is 24.7. The molecular formula is C96H167N4O20PSi. The van der Waals surface area contributed by atoms with Crippen LogP contribution < -0.4 is 36.7 Å². The molecular weight excluding hydrogens is 1590 g/mol. The van der Waals surface area contributed by atoms with Gasteiger partial charge in [0.15, 0.2) is 23.5 Å². The number of unbranched alkanes of at least 4 members (excludes halogenated alkanes) is 45. The van der Waals surface area contributed by atoms with Gasteiger partial charge < -0.3 is 47.6 Å². The van der Waals surface area contributed by atoms with E-state index in [1.165, 1.54) is 270 Å². The second kappa shape index (κ2) is 63.7. The predicted molar refractivity (Wildman–Crippen MR) is 489 cm³/mol. The molecule has 24 nitrogen and oxygen atoms in total. The first-order valence-electron chi connectivity index (χ1n) is 48.8. The highest BCUT2D eigenvalue weighted by Gasteiger charge is 2.56. The Labute approximate surface area is 734 Å². The average Bonchev–Trinajstić information content (AvgIpc) is 1.55. The number of hydrogen-bond donors (Lipinski definition) is 4. The Morgan fingerprint density at radius 3 is 1.31 bits per heavy atom. The SMILES string of the molecule is CCCCCCCCCCCCCCCCCCOc1cc(C(=O)CCCOC(=O)CCC(=O)OC2C[C@H](n3cc(C)c(=O)[nH]c3=O)O[C@@H]2COP(=O)(O)OC2[C@@H](CO)O[C@@H](n3ccc(=O)[nH]c3=O)[C@H]2O[Si](C(C)C)(C(C)C)C(C)C)cc(OCCCCCCCCCCCCCCCCCC)c1OCCCCCCCCCCCCCCCCCC. The smallest absolute Gasteiger partial charge is 0.472 e. The summed E-state index contributed by atoms with van der Waals surface area (Å²) in [6, 6.07) is 4.67. The summed E-state index contributed by atoms with van der Waals surface area (Å²) in [5, 5.41) is 10.7. The maximum atomic E-state index is 14.4. The monoisotopic (exact) mass is 1760 g/mol. The fourth-order valence-electron chi connectivity index (χ4n) is 17.6. The van der Waals surface area contributed by atoms with Crippen molar-refractivity contribution in [3.63, 3.8) is 0 Å². The van der Waals surface area contributed by atoms with Gasteiger partial charge in [-0.1, -0.05) is 351 Å². The van der Waals surface area contributed by atoms with Crippen LogP contribution in [0, 0.1) is 6.92 Å². The molecule has 26 heteroatoms. The summed E-state index contributed by atoms with van der Waals surface area (Å²) < 4.78 is 79.0. The number of rotatable bonds is 76. The van der Waals surface area contributed by atoms with Crippen molar-refractivity contribution in [3.8, 4) is 17.2 Å². The number of aryl methyl sites for hydroxylation is 1. The van der Waals surface area contributed by atoms with Crippen LogP contribution in [0.15, 0.2) is 49.8 Å². The minimum absolute atomic E-state index is 0.0297. The summed E-state index contributed by atoms with van der Waals surface area (Å²) in [6.45, 7) is 20.1. The first-order chi connectivity index (χ1) is 59.0. The number of ketones is 1. The molecule has 2 saturated heterocycles. The number of phosphoric acid groups is 1. The van der Waals surface area contributed by atoms with Gasteiger partial charge in [0, 0.05) is 42.4 Å². The van der Waals surface area contributed by atoms with Crippen LogP contribution >= 0.6 is 7.82 Å². The summed E-state index contributed by atoms with van der Waals surface area (Å²) in [5.74, 6) is -0.293. The number of benzene rings is 1. The number of ether oxygens (including phenoxy) is 7. The van der Waals surface area contributed by atoms with Crippen molar-refractivity contribution < 1.29 is 75.6 Å². The van der Waals surface area contributed by atoms with E-state index in [1.807, 2.05) is 41.5 Å².